The molecule has 1 atom stereocenters. The van der Waals surface area contributed by atoms with Crippen LogP contribution in [0, 0.1) is 0 Å². The van der Waals surface area contributed by atoms with Crippen LogP contribution in [0.5, 0.6) is 0 Å². The molecule has 56 valence electrons. The summed E-state index contributed by atoms with van der Waals surface area (Å²) in [7, 11) is 0. The number of rotatable bonds is 1. The van der Waals surface area contributed by atoms with Gasteiger partial charge in [0.25, 0.3) is 0 Å². The molecule has 0 radical (unpaired) electrons. The predicted molar refractivity (Wildman–Crippen MR) is 51.3 cm³/mol. The predicted octanol–water partition coefficient (Wildman–Crippen LogP) is 2.67. The van der Waals surface area contributed by atoms with Gasteiger partial charge < -0.3 is 4.74 Å². The van der Waals surface area contributed by atoms with Gasteiger partial charge in [-0.15, -0.1) is 0 Å². The molecule has 0 saturated heterocycles. The van der Waals surface area contributed by atoms with Crippen LogP contribution in [0.4, 0.5) is 0 Å². The summed E-state index contributed by atoms with van der Waals surface area (Å²) in [5.74, 6) is 0. The average molecular weight is 250 g/mol. The molecule has 2 heteroatoms. The summed E-state index contributed by atoms with van der Waals surface area (Å²) in [6.07, 6.45) is 5.61. The number of hydrogen-bond donors (Lipinski definition) is 0. The Hall–Kier alpha value is 0.170. The third-order valence-electron chi connectivity index (χ3n) is 1.55. The maximum Gasteiger partial charge on any atom is 0.0804 e. The van der Waals surface area contributed by atoms with E-state index in [1.54, 1.807) is 0 Å². The maximum atomic E-state index is 5.42. The van der Waals surface area contributed by atoms with Gasteiger partial charge in [0.1, 0.15) is 0 Å². The second kappa shape index (κ2) is 4.13. The normalized spacial score (nSPS) is 27.0. The average Bonchev–Trinajstić information content (AvgIpc) is 1.88. The SMILES string of the molecule is CC1=CCOC(/C=C/I)C1. The van der Waals surface area contributed by atoms with Gasteiger partial charge in [0.05, 0.1) is 12.7 Å². The molecular weight excluding hydrogens is 239 g/mol. The summed E-state index contributed by atoms with van der Waals surface area (Å²) in [6.45, 7) is 2.92. The smallest absolute Gasteiger partial charge is 0.0804 e. The van der Waals surface area contributed by atoms with E-state index in [4.69, 9.17) is 4.74 Å². The van der Waals surface area contributed by atoms with Crippen molar-refractivity contribution in [2.75, 3.05) is 6.61 Å². The minimum absolute atomic E-state index is 0.321. The lowest BCUT2D eigenvalue weighted by molar-refractivity contribution is 0.0990. The summed E-state index contributed by atoms with van der Waals surface area (Å²) in [5.41, 5.74) is 1.44. The highest BCUT2D eigenvalue weighted by atomic mass is 127. The van der Waals surface area contributed by atoms with Crippen molar-refractivity contribution in [3.63, 3.8) is 0 Å². The lowest BCUT2D eigenvalue weighted by Crippen LogP contribution is -2.14. The lowest BCUT2D eigenvalue weighted by Gasteiger charge is -2.17. The summed E-state index contributed by atoms with van der Waals surface area (Å²) in [6, 6.07) is 0. The van der Waals surface area contributed by atoms with E-state index in [0.717, 1.165) is 13.0 Å². The molecule has 0 spiro atoms. The molecule has 0 aliphatic carbocycles. The van der Waals surface area contributed by atoms with E-state index in [-0.39, 0.29) is 0 Å². The van der Waals surface area contributed by atoms with Crippen molar-refractivity contribution in [1.29, 1.82) is 0 Å². The zero-order chi connectivity index (χ0) is 7.40. The zero-order valence-electron chi connectivity index (χ0n) is 6.01. The number of hydrogen-bond acceptors (Lipinski definition) is 1. The van der Waals surface area contributed by atoms with Crippen molar-refractivity contribution < 1.29 is 4.74 Å². The number of halogens is 1. The highest BCUT2D eigenvalue weighted by molar-refractivity contribution is 14.1. The fraction of sp³-hybridized carbons (Fsp3) is 0.500. The first-order chi connectivity index (χ1) is 4.83. The first kappa shape index (κ1) is 8.27. The molecule has 1 aliphatic rings. The molecule has 0 aromatic rings. The third kappa shape index (κ3) is 2.42. The Labute approximate surface area is 75.3 Å². The first-order valence-corrected chi connectivity index (χ1v) is 4.61. The first-order valence-electron chi connectivity index (χ1n) is 3.37. The van der Waals surface area contributed by atoms with Gasteiger partial charge in [-0.25, -0.2) is 0 Å². The van der Waals surface area contributed by atoms with Crippen LogP contribution in [0.3, 0.4) is 0 Å². The topological polar surface area (TPSA) is 9.23 Å². The minimum Gasteiger partial charge on any atom is -0.370 e. The van der Waals surface area contributed by atoms with Gasteiger partial charge in [-0.05, 0) is 23.5 Å². The highest BCUT2D eigenvalue weighted by Gasteiger charge is 2.08. The van der Waals surface area contributed by atoms with E-state index in [1.807, 2.05) is 4.08 Å². The van der Waals surface area contributed by atoms with Crippen LogP contribution in [0.2, 0.25) is 0 Å². The van der Waals surface area contributed by atoms with Gasteiger partial charge in [0.2, 0.25) is 0 Å². The van der Waals surface area contributed by atoms with E-state index in [9.17, 15) is 0 Å². The summed E-state index contributed by atoms with van der Waals surface area (Å²) >= 11 is 2.22. The van der Waals surface area contributed by atoms with Crippen LogP contribution in [-0.2, 0) is 4.74 Å². The van der Waals surface area contributed by atoms with E-state index < -0.39 is 0 Å². The van der Waals surface area contributed by atoms with Crippen LogP contribution in [0.25, 0.3) is 0 Å². The second-order valence-electron chi connectivity index (χ2n) is 2.44. The van der Waals surface area contributed by atoms with Crippen LogP contribution in [0.1, 0.15) is 13.3 Å². The Bertz CT molecular complexity index is 161. The van der Waals surface area contributed by atoms with E-state index in [2.05, 4.69) is 41.7 Å². The van der Waals surface area contributed by atoms with Crippen LogP contribution >= 0.6 is 22.6 Å². The van der Waals surface area contributed by atoms with Crippen molar-refractivity contribution in [3.8, 4) is 0 Å². The number of ether oxygens (including phenoxy) is 1. The van der Waals surface area contributed by atoms with Crippen molar-refractivity contribution in [3.05, 3.63) is 21.8 Å². The molecule has 0 bridgehead atoms. The molecule has 0 N–H and O–H groups in total. The molecule has 0 amide bonds. The molecule has 1 rings (SSSR count). The summed E-state index contributed by atoms with van der Waals surface area (Å²) in [5, 5.41) is 0. The Kier molecular flexibility index (Phi) is 3.42. The fourth-order valence-electron chi connectivity index (χ4n) is 0.978. The van der Waals surface area contributed by atoms with Gasteiger partial charge in [-0.1, -0.05) is 34.2 Å². The van der Waals surface area contributed by atoms with Crippen LogP contribution in [0.15, 0.2) is 21.8 Å². The molecule has 1 heterocycles. The van der Waals surface area contributed by atoms with E-state index >= 15 is 0 Å². The third-order valence-corrected chi connectivity index (χ3v) is 1.97. The molecule has 1 nitrogen and oxygen atoms in total. The maximum absolute atomic E-state index is 5.42. The Morgan fingerprint density at radius 1 is 1.80 bits per heavy atom. The quantitative estimate of drug-likeness (QED) is 0.513. The van der Waals surface area contributed by atoms with Crippen LogP contribution in [-0.4, -0.2) is 12.7 Å². The molecule has 0 fully saturated rings. The van der Waals surface area contributed by atoms with Crippen molar-refractivity contribution >= 4 is 22.6 Å². The van der Waals surface area contributed by atoms with Crippen LogP contribution < -0.4 is 0 Å². The Morgan fingerprint density at radius 2 is 2.60 bits per heavy atom. The fourth-order valence-corrected chi connectivity index (χ4v) is 1.44. The highest BCUT2D eigenvalue weighted by Crippen LogP contribution is 2.14. The standard InChI is InChI=1S/C8H11IO/c1-7-3-5-10-8(6-7)2-4-9/h2-4,8H,5-6H2,1H3/b4-2+. The minimum atomic E-state index is 0.321. The molecular formula is C8H11IO. The lowest BCUT2D eigenvalue weighted by atomic mass is 10.1. The second-order valence-corrected chi connectivity index (χ2v) is 3.16. The molecule has 1 aliphatic heterocycles. The van der Waals surface area contributed by atoms with Gasteiger partial charge >= 0.3 is 0 Å². The summed E-state index contributed by atoms with van der Waals surface area (Å²) < 4.78 is 7.44. The molecule has 0 aromatic carbocycles. The van der Waals surface area contributed by atoms with Crippen molar-refractivity contribution in [2.24, 2.45) is 0 Å². The monoisotopic (exact) mass is 250 g/mol. The van der Waals surface area contributed by atoms with Gasteiger partial charge in [-0.2, -0.15) is 0 Å². The van der Waals surface area contributed by atoms with Crippen molar-refractivity contribution in [1.82, 2.24) is 0 Å². The Balaban J connectivity index is 2.45. The molecule has 0 saturated carbocycles. The van der Waals surface area contributed by atoms with Gasteiger partial charge in [-0.3, -0.25) is 0 Å². The molecule has 10 heavy (non-hydrogen) atoms. The van der Waals surface area contributed by atoms with E-state index in [1.165, 1.54) is 5.57 Å². The molecule has 0 aromatic heterocycles. The van der Waals surface area contributed by atoms with Gasteiger partial charge in [0, 0.05) is 0 Å². The Morgan fingerprint density at radius 3 is 3.20 bits per heavy atom. The summed E-state index contributed by atoms with van der Waals surface area (Å²) in [4.78, 5) is 0. The largest absolute Gasteiger partial charge is 0.370 e. The zero-order valence-corrected chi connectivity index (χ0v) is 8.17. The molecule has 1 unspecified atom stereocenters. The van der Waals surface area contributed by atoms with E-state index in [0.29, 0.717) is 6.10 Å². The van der Waals surface area contributed by atoms with Crippen molar-refractivity contribution in [2.45, 2.75) is 19.4 Å². The van der Waals surface area contributed by atoms with Gasteiger partial charge in [0.15, 0.2) is 0 Å².